The molecule has 2 aliphatic heterocycles. The minimum absolute atomic E-state index is 0.00515. The summed E-state index contributed by atoms with van der Waals surface area (Å²) in [5.41, 5.74) is 0.958. The zero-order chi connectivity index (χ0) is 22.9. The van der Waals surface area contributed by atoms with E-state index in [2.05, 4.69) is 0 Å². The second kappa shape index (κ2) is 9.47. The highest BCUT2D eigenvalue weighted by molar-refractivity contribution is 7.89. The molecule has 0 aliphatic carbocycles. The third-order valence-electron chi connectivity index (χ3n) is 5.82. The number of carbonyl (C=O) groups excluding carboxylic acids is 1. The van der Waals surface area contributed by atoms with Crippen molar-refractivity contribution in [3.8, 4) is 11.5 Å². The lowest BCUT2D eigenvalue weighted by Crippen LogP contribution is -2.44. The van der Waals surface area contributed by atoms with Crippen LogP contribution in [0.4, 0.5) is 0 Å². The van der Waals surface area contributed by atoms with Crippen LogP contribution in [0.2, 0.25) is 10.0 Å². The van der Waals surface area contributed by atoms with Crippen LogP contribution in [0.15, 0.2) is 41.3 Å². The van der Waals surface area contributed by atoms with E-state index in [0.717, 1.165) is 5.56 Å². The van der Waals surface area contributed by atoms with Gasteiger partial charge in [0.25, 0.3) is 0 Å². The van der Waals surface area contributed by atoms with Crippen molar-refractivity contribution in [1.29, 1.82) is 0 Å². The molecule has 0 N–H and O–H groups in total. The summed E-state index contributed by atoms with van der Waals surface area (Å²) in [5.74, 6) is 1.19. The number of hydrogen-bond donors (Lipinski definition) is 0. The highest BCUT2D eigenvalue weighted by Gasteiger charge is 2.34. The van der Waals surface area contributed by atoms with Gasteiger partial charge in [0, 0.05) is 37.1 Å². The van der Waals surface area contributed by atoms with E-state index < -0.39 is 10.0 Å². The zero-order valence-corrected chi connectivity index (χ0v) is 19.9. The maximum atomic E-state index is 13.2. The molecular weight excluding hydrogens is 475 g/mol. The third kappa shape index (κ3) is 4.69. The zero-order valence-electron chi connectivity index (χ0n) is 17.6. The van der Waals surface area contributed by atoms with Crippen LogP contribution in [0.1, 0.15) is 25.3 Å². The van der Waals surface area contributed by atoms with Gasteiger partial charge >= 0.3 is 0 Å². The largest absolute Gasteiger partial charge is 0.454 e. The van der Waals surface area contributed by atoms with Gasteiger partial charge < -0.3 is 14.4 Å². The first kappa shape index (κ1) is 23.2. The summed E-state index contributed by atoms with van der Waals surface area (Å²) in [6.07, 6.45) is 0.905. The Labute approximate surface area is 197 Å². The van der Waals surface area contributed by atoms with E-state index in [1.807, 2.05) is 25.1 Å². The Morgan fingerprint density at radius 3 is 2.53 bits per heavy atom. The van der Waals surface area contributed by atoms with Crippen molar-refractivity contribution in [2.75, 3.05) is 26.4 Å². The molecule has 32 heavy (non-hydrogen) atoms. The Bertz CT molecular complexity index is 1120. The lowest BCUT2D eigenvalue weighted by Gasteiger charge is -2.33. The van der Waals surface area contributed by atoms with Crippen molar-refractivity contribution in [3.05, 3.63) is 52.0 Å². The molecule has 0 saturated carbocycles. The monoisotopic (exact) mass is 498 g/mol. The first-order valence-electron chi connectivity index (χ1n) is 10.4. The van der Waals surface area contributed by atoms with Gasteiger partial charge in [-0.15, -0.1) is 0 Å². The number of piperidine rings is 1. The van der Waals surface area contributed by atoms with E-state index in [1.54, 1.807) is 11.0 Å². The summed E-state index contributed by atoms with van der Waals surface area (Å²) in [6.45, 7) is 3.67. The number of amides is 1. The first-order valence-corrected chi connectivity index (χ1v) is 12.6. The predicted molar refractivity (Wildman–Crippen MR) is 122 cm³/mol. The average molecular weight is 499 g/mol. The molecule has 0 bridgehead atoms. The van der Waals surface area contributed by atoms with Gasteiger partial charge in [-0.3, -0.25) is 4.79 Å². The molecule has 0 radical (unpaired) electrons. The Balaban J connectivity index is 1.40. The lowest BCUT2D eigenvalue weighted by molar-refractivity contribution is -0.137. The summed E-state index contributed by atoms with van der Waals surface area (Å²) < 4.78 is 38.2. The van der Waals surface area contributed by atoms with Crippen molar-refractivity contribution in [2.45, 2.75) is 31.2 Å². The van der Waals surface area contributed by atoms with Gasteiger partial charge in [0.05, 0.1) is 5.02 Å². The highest BCUT2D eigenvalue weighted by Crippen LogP contribution is 2.34. The molecule has 1 fully saturated rings. The molecule has 0 atom stereocenters. The summed E-state index contributed by atoms with van der Waals surface area (Å²) in [7, 11) is -3.78. The van der Waals surface area contributed by atoms with Crippen molar-refractivity contribution >= 4 is 39.1 Å². The van der Waals surface area contributed by atoms with Crippen LogP contribution >= 0.6 is 23.2 Å². The molecule has 0 aromatic heterocycles. The Morgan fingerprint density at radius 2 is 1.81 bits per heavy atom. The predicted octanol–water partition coefficient (Wildman–Crippen LogP) is 4.17. The minimum atomic E-state index is -3.78. The molecule has 172 valence electrons. The molecule has 0 spiro atoms. The first-order chi connectivity index (χ1) is 15.3. The molecule has 2 aromatic carbocycles. The van der Waals surface area contributed by atoms with Gasteiger partial charge in [0.15, 0.2) is 11.5 Å². The molecule has 2 aliphatic rings. The van der Waals surface area contributed by atoms with Crippen LogP contribution < -0.4 is 9.47 Å². The molecule has 0 unspecified atom stereocenters. The molecular formula is C22H24Cl2N2O5S. The van der Waals surface area contributed by atoms with E-state index in [-0.39, 0.29) is 41.6 Å². The second-order valence-corrected chi connectivity index (χ2v) is 10.5. The number of sulfonamides is 1. The van der Waals surface area contributed by atoms with Crippen LogP contribution in [0, 0.1) is 5.92 Å². The number of ether oxygens (including phenoxy) is 2. The summed E-state index contributed by atoms with van der Waals surface area (Å²) in [6, 6.07) is 10.0. The number of hydrogen-bond acceptors (Lipinski definition) is 5. The fourth-order valence-electron chi connectivity index (χ4n) is 4.02. The van der Waals surface area contributed by atoms with Crippen molar-refractivity contribution < 1.29 is 22.7 Å². The van der Waals surface area contributed by atoms with Crippen molar-refractivity contribution in [1.82, 2.24) is 9.21 Å². The van der Waals surface area contributed by atoms with Crippen LogP contribution in [0.3, 0.4) is 0 Å². The SMILES string of the molecule is CCN(Cc1ccc2c(c1)OCO2)C(=O)C1CCN(S(=O)(=O)c2cc(Cl)ccc2Cl)CC1. The standard InChI is InChI=1S/C22H24Cl2N2O5S/c1-2-25(13-15-3-6-19-20(11-15)31-14-30-19)22(27)16-7-9-26(10-8-16)32(28,29)21-12-17(23)4-5-18(21)24/h3-6,11-12,16H,2,7-10,13-14H2,1H3. The topological polar surface area (TPSA) is 76.2 Å². The maximum absolute atomic E-state index is 13.2. The van der Waals surface area contributed by atoms with Crippen LogP contribution in [0.25, 0.3) is 0 Å². The lowest BCUT2D eigenvalue weighted by atomic mass is 9.96. The Hall–Kier alpha value is -2.00. The van der Waals surface area contributed by atoms with E-state index in [4.69, 9.17) is 32.7 Å². The number of rotatable bonds is 6. The van der Waals surface area contributed by atoms with E-state index >= 15 is 0 Å². The highest BCUT2D eigenvalue weighted by atomic mass is 35.5. The molecule has 1 amide bonds. The van der Waals surface area contributed by atoms with Gasteiger partial charge in [0.2, 0.25) is 22.7 Å². The fourth-order valence-corrected chi connectivity index (χ4v) is 6.23. The molecule has 2 heterocycles. The van der Waals surface area contributed by atoms with Crippen LogP contribution in [-0.2, 0) is 21.4 Å². The van der Waals surface area contributed by atoms with Crippen LogP contribution in [0.5, 0.6) is 11.5 Å². The quantitative estimate of drug-likeness (QED) is 0.597. The van der Waals surface area contributed by atoms with Gasteiger partial charge in [-0.2, -0.15) is 4.31 Å². The third-order valence-corrected chi connectivity index (χ3v) is 8.43. The number of halogens is 2. The molecule has 10 heteroatoms. The smallest absolute Gasteiger partial charge is 0.244 e. The van der Waals surface area contributed by atoms with Crippen molar-refractivity contribution in [3.63, 3.8) is 0 Å². The number of benzene rings is 2. The molecule has 7 nitrogen and oxygen atoms in total. The molecule has 4 rings (SSSR count). The number of carbonyl (C=O) groups is 1. The van der Waals surface area contributed by atoms with E-state index in [0.29, 0.717) is 42.5 Å². The normalized spacial score (nSPS) is 16.8. The fraction of sp³-hybridized carbons (Fsp3) is 0.409. The summed E-state index contributed by atoms with van der Waals surface area (Å²) in [5, 5.41) is 0.439. The van der Waals surface area contributed by atoms with Gasteiger partial charge in [-0.25, -0.2) is 8.42 Å². The van der Waals surface area contributed by atoms with E-state index in [1.165, 1.54) is 16.4 Å². The average Bonchev–Trinajstić information content (AvgIpc) is 3.26. The van der Waals surface area contributed by atoms with Crippen molar-refractivity contribution in [2.24, 2.45) is 5.92 Å². The molecule has 2 aromatic rings. The van der Waals surface area contributed by atoms with E-state index in [9.17, 15) is 13.2 Å². The Kier molecular flexibility index (Phi) is 6.86. The van der Waals surface area contributed by atoms with Gasteiger partial charge in [-0.05, 0) is 55.7 Å². The van der Waals surface area contributed by atoms with Gasteiger partial charge in [0.1, 0.15) is 4.90 Å². The second-order valence-electron chi connectivity index (χ2n) is 7.79. The summed E-state index contributed by atoms with van der Waals surface area (Å²) in [4.78, 5) is 14.9. The number of fused-ring (bicyclic) bond motifs is 1. The number of nitrogens with zero attached hydrogens (tertiary/aromatic N) is 2. The Morgan fingerprint density at radius 1 is 1.09 bits per heavy atom. The maximum Gasteiger partial charge on any atom is 0.244 e. The van der Waals surface area contributed by atoms with Crippen LogP contribution in [-0.4, -0.2) is 50.0 Å². The molecule has 1 saturated heterocycles. The minimum Gasteiger partial charge on any atom is -0.454 e. The summed E-state index contributed by atoms with van der Waals surface area (Å²) >= 11 is 12.1. The van der Waals surface area contributed by atoms with Gasteiger partial charge in [-0.1, -0.05) is 29.3 Å².